The summed E-state index contributed by atoms with van der Waals surface area (Å²) >= 11 is 0. The molecule has 1 aromatic heterocycles. The van der Waals surface area contributed by atoms with Crippen molar-refractivity contribution in [3.8, 4) is 0 Å². The van der Waals surface area contributed by atoms with E-state index in [1.807, 2.05) is 0 Å². The first-order chi connectivity index (χ1) is 9.40. The van der Waals surface area contributed by atoms with E-state index in [2.05, 4.69) is 19.9 Å². The number of nitrogens with zero attached hydrogens (tertiary/aromatic N) is 2. The quantitative estimate of drug-likeness (QED) is 0.690. The normalized spacial score (nSPS) is 11.7. The predicted molar refractivity (Wildman–Crippen MR) is 70.8 cm³/mol. The van der Waals surface area contributed by atoms with E-state index in [-0.39, 0.29) is 22.7 Å². The molecule has 4 N–H and O–H groups in total. The second-order valence-electron chi connectivity index (χ2n) is 4.22. The summed E-state index contributed by atoms with van der Waals surface area (Å²) in [6.07, 6.45) is 1.71. The van der Waals surface area contributed by atoms with Crippen molar-refractivity contribution in [2.45, 2.75) is 18.2 Å². The van der Waals surface area contributed by atoms with Crippen LogP contribution in [0.15, 0.2) is 23.4 Å². The fourth-order valence-electron chi connectivity index (χ4n) is 1.66. The third kappa shape index (κ3) is 3.11. The van der Waals surface area contributed by atoms with Crippen LogP contribution >= 0.6 is 0 Å². The minimum atomic E-state index is -3.73. The van der Waals surface area contributed by atoms with E-state index in [1.165, 1.54) is 19.3 Å². The lowest BCUT2D eigenvalue weighted by atomic mass is 10.2. The molecule has 0 spiro atoms. The van der Waals surface area contributed by atoms with Gasteiger partial charge in [0.15, 0.2) is 0 Å². The SMILES string of the molecule is Cc1cc(S(=O)(=O)NCCc2ncn[nH]2)cc(N)c1F. The number of H-pyrrole nitrogens is 1. The van der Waals surface area contributed by atoms with Crippen LogP contribution in [-0.2, 0) is 16.4 Å². The fraction of sp³-hybridized carbons (Fsp3) is 0.273. The molecule has 20 heavy (non-hydrogen) atoms. The lowest BCUT2D eigenvalue weighted by Gasteiger charge is -2.09. The third-order valence-electron chi connectivity index (χ3n) is 2.69. The highest BCUT2D eigenvalue weighted by atomic mass is 32.2. The molecule has 0 unspecified atom stereocenters. The average molecular weight is 299 g/mol. The van der Waals surface area contributed by atoms with Crippen LogP contribution in [0.25, 0.3) is 0 Å². The van der Waals surface area contributed by atoms with E-state index in [4.69, 9.17) is 5.73 Å². The number of aryl methyl sites for hydroxylation is 1. The number of hydrogen-bond acceptors (Lipinski definition) is 5. The van der Waals surface area contributed by atoms with Gasteiger partial charge in [0.05, 0.1) is 10.6 Å². The molecule has 0 aliphatic heterocycles. The number of benzene rings is 1. The Kier molecular flexibility index (Phi) is 4.00. The number of hydrogen-bond donors (Lipinski definition) is 3. The second-order valence-corrected chi connectivity index (χ2v) is 5.99. The molecule has 1 heterocycles. The Morgan fingerprint density at radius 1 is 1.45 bits per heavy atom. The van der Waals surface area contributed by atoms with Crippen LogP contribution in [0.2, 0.25) is 0 Å². The van der Waals surface area contributed by atoms with Gasteiger partial charge in [-0.05, 0) is 24.6 Å². The Labute approximate surface area is 115 Å². The number of halogens is 1. The smallest absolute Gasteiger partial charge is 0.240 e. The Morgan fingerprint density at radius 2 is 2.20 bits per heavy atom. The molecule has 1 aromatic carbocycles. The molecule has 0 fully saturated rings. The van der Waals surface area contributed by atoms with Crippen molar-refractivity contribution < 1.29 is 12.8 Å². The van der Waals surface area contributed by atoms with Crippen molar-refractivity contribution in [1.82, 2.24) is 19.9 Å². The average Bonchev–Trinajstić information content (AvgIpc) is 2.88. The van der Waals surface area contributed by atoms with Crippen LogP contribution in [0.3, 0.4) is 0 Å². The number of sulfonamides is 1. The molecular formula is C11H14FN5O2S. The summed E-state index contributed by atoms with van der Waals surface area (Å²) in [5.74, 6) is -0.0342. The van der Waals surface area contributed by atoms with Gasteiger partial charge in [0.1, 0.15) is 18.0 Å². The molecule has 0 aliphatic rings. The number of aromatic nitrogens is 3. The Hall–Kier alpha value is -2.00. The van der Waals surface area contributed by atoms with Gasteiger partial charge < -0.3 is 5.73 Å². The van der Waals surface area contributed by atoms with Crippen molar-refractivity contribution in [2.75, 3.05) is 12.3 Å². The summed E-state index contributed by atoms with van der Waals surface area (Å²) in [5, 5.41) is 6.28. The van der Waals surface area contributed by atoms with Gasteiger partial charge in [0.25, 0.3) is 0 Å². The van der Waals surface area contributed by atoms with Crippen molar-refractivity contribution in [2.24, 2.45) is 0 Å². The van der Waals surface area contributed by atoms with Crippen LogP contribution < -0.4 is 10.5 Å². The van der Waals surface area contributed by atoms with Crippen molar-refractivity contribution in [3.05, 3.63) is 35.7 Å². The topological polar surface area (TPSA) is 114 Å². The van der Waals surface area contributed by atoms with E-state index in [9.17, 15) is 12.8 Å². The zero-order valence-corrected chi connectivity index (χ0v) is 11.5. The number of aromatic amines is 1. The summed E-state index contributed by atoms with van der Waals surface area (Å²) in [5.41, 5.74) is 5.42. The van der Waals surface area contributed by atoms with E-state index in [0.717, 1.165) is 6.07 Å². The van der Waals surface area contributed by atoms with Gasteiger partial charge in [0, 0.05) is 13.0 Å². The summed E-state index contributed by atoms with van der Waals surface area (Å²) in [6, 6.07) is 2.33. The van der Waals surface area contributed by atoms with Crippen LogP contribution in [0.4, 0.5) is 10.1 Å². The lowest BCUT2D eigenvalue weighted by molar-refractivity contribution is 0.579. The van der Waals surface area contributed by atoms with Crippen molar-refractivity contribution in [1.29, 1.82) is 0 Å². The summed E-state index contributed by atoms with van der Waals surface area (Å²) < 4.78 is 39.9. The van der Waals surface area contributed by atoms with E-state index in [0.29, 0.717) is 12.2 Å². The molecule has 0 bridgehead atoms. The molecule has 0 aliphatic carbocycles. The Balaban J connectivity index is 2.10. The minimum absolute atomic E-state index is 0.0635. The molecular weight excluding hydrogens is 285 g/mol. The molecule has 2 aromatic rings. The summed E-state index contributed by atoms with van der Waals surface area (Å²) in [7, 11) is -3.73. The molecule has 0 radical (unpaired) electrons. The monoisotopic (exact) mass is 299 g/mol. The first-order valence-electron chi connectivity index (χ1n) is 5.79. The molecule has 0 amide bonds. The highest BCUT2D eigenvalue weighted by Gasteiger charge is 2.17. The van der Waals surface area contributed by atoms with Crippen molar-refractivity contribution in [3.63, 3.8) is 0 Å². The van der Waals surface area contributed by atoms with Gasteiger partial charge in [-0.3, -0.25) is 5.10 Å². The molecule has 0 saturated carbocycles. The van der Waals surface area contributed by atoms with Gasteiger partial charge in [0.2, 0.25) is 10.0 Å². The Bertz CT molecular complexity index is 677. The van der Waals surface area contributed by atoms with Crippen molar-refractivity contribution >= 4 is 15.7 Å². The lowest BCUT2D eigenvalue weighted by Crippen LogP contribution is -2.26. The number of nitrogens with two attached hydrogens (primary N) is 1. The maximum atomic E-state index is 13.4. The first-order valence-corrected chi connectivity index (χ1v) is 7.28. The van der Waals surface area contributed by atoms with E-state index < -0.39 is 15.8 Å². The minimum Gasteiger partial charge on any atom is -0.396 e. The second kappa shape index (κ2) is 5.55. The molecule has 108 valence electrons. The number of anilines is 1. The maximum absolute atomic E-state index is 13.4. The highest BCUT2D eigenvalue weighted by Crippen LogP contribution is 2.20. The molecule has 7 nitrogen and oxygen atoms in total. The largest absolute Gasteiger partial charge is 0.396 e. The van der Waals surface area contributed by atoms with Gasteiger partial charge in [-0.25, -0.2) is 22.5 Å². The summed E-state index contributed by atoms with van der Waals surface area (Å²) in [6.45, 7) is 1.60. The molecule has 9 heteroatoms. The molecule has 0 saturated heterocycles. The third-order valence-corrected chi connectivity index (χ3v) is 4.13. The predicted octanol–water partition coefficient (Wildman–Crippen LogP) is 0.355. The van der Waals surface area contributed by atoms with Crippen LogP contribution in [0.5, 0.6) is 0 Å². The van der Waals surface area contributed by atoms with Gasteiger partial charge in [-0.15, -0.1) is 0 Å². The van der Waals surface area contributed by atoms with Crippen LogP contribution in [0.1, 0.15) is 11.4 Å². The van der Waals surface area contributed by atoms with E-state index >= 15 is 0 Å². The fourth-order valence-corrected chi connectivity index (χ4v) is 2.81. The number of nitrogen functional groups attached to an aromatic ring is 1. The zero-order chi connectivity index (χ0) is 14.8. The summed E-state index contributed by atoms with van der Waals surface area (Å²) in [4.78, 5) is 3.81. The van der Waals surface area contributed by atoms with Crippen LogP contribution in [-0.4, -0.2) is 30.1 Å². The number of rotatable bonds is 5. The van der Waals surface area contributed by atoms with Gasteiger partial charge in [-0.2, -0.15) is 5.10 Å². The van der Waals surface area contributed by atoms with Crippen LogP contribution in [0, 0.1) is 12.7 Å². The standard InChI is InChI=1S/C11H14FN5O2S/c1-7-4-8(5-9(13)11(7)12)20(18,19)16-3-2-10-14-6-15-17-10/h4-6,16H,2-3,13H2,1H3,(H,14,15,17). The maximum Gasteiger partial charge on any atom is 0.240 e. The molecule has 0 atom stereocenters. The highest BCUT2D eigenvalue weighted by molar-refractivity contribution is 7.89. The Morgan fingerprint density at radius 3 is 2.80 bits per heavy atom. The zero-order valence-electron chi connectivity index (χ0n) is 10.7. The van der Waals surface area contributed by atoms with Gasteiger partial charge in [-0.1, -0.05) is 0 Å². The van der Waals surface area contributed by atoms with Gasteiger partial charge >= 0.3 is 0 Å². The number of nitrogens with one attached hydrogen (secondary N) is 2. The van der Waals surface area contributed by atoms with E-state index in [1.54, 1.807) is 0 Å². The first kappa shape index (κ1) is 14.4. The molecule has 2 rings (SSSR count).